The van der Waals surface area contributed by atoms with Crippen LogP contribution >= 0.6 is 22.9 Å². The number of pyridine rings is 1. The predicted octanol–water partition coefficient (Wildman–Crippen LogP) is 3.70. The first-order valence-corrected chi connectivity index (χ1v) is 8.24. The summed E-state index contributed by atoms with van der Waals surface area (Å²) in [6, 6.07) is 5.05. The molecule has 1 amide bonds. The third-order valence-electron chi connectivity index (χ3n) is 3.47. The van der Waals surface area contributed by atoms with E-state index in [9.17, 15) is 9.59 Å². The number of esters is 1. The Morgan fingerprint density at radius 2 is 2.08 bits per heavy atom. The quantitative estimate of drug-likeness (QED) is 0.720. The fourth-order valence-corrected chi connectivity index (χ4v) is 3.49. The van der Waals surface area contributed by atoms with Crippen molar-refractivity contribution in [2.45, 2.75) is 13.8 Å². The van der Waals surface area contributed by atoms with E-state index in [2.05, 4.69) is 10.3 Å². The summed E-state index contributed by atoms with van der Waals surface area (Å²) in [7, 11) is 1.30. The normalized spacial score (nSPS) is 10.8. The summed E-state index contributed by atoms with van der Waals surface area (Å²) in [6.07, 6.45) is 1.69. The number of imidazole rings is 1. The molecule has 0 atom stereocenters. The number of aryl methyl sites for hydroxylation is 2. The highest BCUT2D eigenvalue weighted by atomic mass is 35.5. The first-order chi connectivity index (χ1) is 11.4. The van der Waals surface area contributed by atoms with Crippen LogP contribution in [0.25, 0.3) is 5.65 Å². The van der Waals surface area contributed by atoms with Gasteiger partial charge in [0.25, 0.3) is 5.91 Å². The Morgan fingerprint density at radius 1 is 1.33 bits per heavy atom. The third-order valence-corrected chi connectivity index (χ3v) is 4.67. The lowest BCUT2D eigenvalue weighted by Crippen LogP contribution is -2.16. The number of nitrogens with zero attached hydrogens (tertiary/aromatic N) is 2. The van der Waals surface area contributed by atoms with Gasteiger partial charge in [0.2, 0.25) is 0 Å². The van der Waals surface area contributed by atoms with Crippen LogP contribution in [-0.4, -0.2) is 28.4 Å². The molecule has 3 heterocycles. The molecule has 0 fully saturated rings. The molecule has 0 radical (unpaired) electrons. The minimum absolute atomic E-state index is 0.336. The third kappa shape index (κ3) is 2.88. The van der Waals surface area contributed by atoms with Gasteiger partial charge < -0.3 is 10.1 Å². The van der Waals surface area contributed by atoms with E-state index in [1.807, 2.05) is 6.92 Å². The number of rotatable bonds is 3. The van der Waals surface area contributed by atoms with Gasteiger partial charge in [-0.2, -0.15) is 0 Å². The Bertz CT molecular complexity index is 961. The van der Waals surface area contributed by atoms with Crippen LogP contribution in [0.3, 0.4) is 0 Å². The molecule has 0 spiro atoms. The van der Waals surface area contributed by atoms with Crippen molar-refractivity contribution >= 4 is 45.5 Å². The molecule has 1 N–H and O–H groups in total. The second-order valence-corrected chi connectivity index (χ2v) is 6.86. The number of amides is 1. The second-order valence-electron chi connectivity index (χ2n) is 5.16. The highest BCUT2D eigenvalue weighted by Gasteiger charge is 2.21. The molecule has 0 bridgehead atoms. The van der Waals surface area contributed by atoms with Crippen LogP contribution in [0.4, 0.5) is 5.00 Å². The van der Waals surface area contributed by atoms with Gasteiger partial charge in [-0.3, -0.25) is 9.20 Å². The SMILES string of the molecule is COC(=O)c1cc(C)sc1NC(=O)c1c(C)nc2cc(Cl)ccn12. The molecular formula is C16H14ClN3O3S. The summed E-state index contributed by atoms with van der Waals surface area (Å²) in [4.78, 5) is 29.8. The lowest BCUT2D eigenvalue weighted by molar-refractivity contribution is 0.0602. The van der Waals surface area contributed by atoms with E-state index in [1.54, 1.807) is 35.7 Å². The molecule has 0 saturated heterocycles. The summed E-state index contributed by atoms with van der Waals surface area (Å²) in [6.45, 7) is 3.60. The molecule has 24 heavy (non-hydrogen) atoms. The van der Waals surface area contributed by atoms with Gasteiger partial charge in [0.1, 0.15) is 16.3 Å². The molecule has 124 valence electrons. The summed E-state index contributed by atoms with van der Waals surface area (Å²) in [5.41, 5.74) is 1.88. The van der Waals surface area contributed by atoms with E-state index in [0.717, 1.165) is 4.88 Å². The molecular weight excluding hydrogens is 350 g/mol. The van der Waals surface area contributed by atoms with Gasteiger partial charge in [-0.05, 0) is 26.0 Å². The number of hydrogen-bond donors (Lipinski definition) is 1. The first kappa shape index (κ1) is 16.5. The smallest absolute Gasteiger partial charge is 0.340 e. The molecule has 8 heteroatoms. The van der Waals surface area contributed by atoms with Crippen LogP contribution in [0.2, 0.25) is 5.02 Å². The van der Waals surface area contributed by atoms with E-state index < -0.39 is 5.97 Å². The average Bonchev–Trinajstić information content (AvgIpc) is 3.04. The summed E-state index contributed by atoms with van der Waals surface area (Å²) in [5.74, 6) is -0.842. The minimum Gasteiger partial charge on any atom is -0.465 e. The number of carbonyl (C=O) groups is 2. The number of anilines is 1. The Labute approximate surface area is 147 Å². The van der Waals surface area contributed by atoms with Gasteiger partial charge >= 0.3 is 5.97 Å². The molecule has 3 aromatic heterocycles. The summed E-state index contributed by atoms with van der Waals surface area (Å²) < 4.78 is 6.42. The molecule has 0 unspecified atom stereocenters. The second kappa shape index (κ2) is 6.26. The highest BCUT2D eigenvalue weighted by Crippen LogP contribution is 2.29. The van der Waals surface area contributed by atoms with Crippen LogP contribution < -0.4 is 5.32 Å². The largest absolute Gasteiger partial charge is 0.465 e. The van der Waals surface area contributed by atoms with Gasteiger partial charge in [-0.1, -0.05) is 11.6 Å². The maximum absolute atomic E-state index is 12.7. The van der Waals surface area contributed by atoms with Gasteiger partial charge in [-0.25, -0.2) is 9.78 Å². The average molecular weight is 364 g/mol. The minimum atomic E-state index is -0.490. The van der Waals surface area contributed by atoms with Crippen molar-refractivity contribution in [3.8, 4) is 0 Å². The number of carbonyl (C=O) groups excluding carboxylic acids is 2. The molecule has 3 rings (SSSR count). The van der Waals surface area contributed by atoms with Crippen molar-refractivity contribution in [3.63, 3.8) is 0 Å². The van der Waals surface area contributed by atoms with Crippen molar-refractivity contribution in [1.82, 2.24) is 9.38 Å². The first-order valence-electron chi connectivity index (χ1n) is 7.05. The molecule has 6 nitrogen and oxygen atoms in total. The lowest BCUT2D eigenvalue weighted by atomic mass is 10.2. The van der Waals surface area contributed by atoms with Gasteiger partial charge in [0.05, 0.1) is 18.4 Å². The molecule has 0 aromatic carbocycles. The number of halogens is 1. The molecule has 0 saturated carbocycles. The monoisotopic (exact) mass is 363 g/mol. The van der Waals surface area contributed by atoms with Crippen LogP contribution in [0.1, 0.15) is 31.4 Å². The number of ether oxygens (including phenoxy) is 1. The van der Waals surface area contributed by atoms with Crippen molar-refractivity contribution in [2.24, 2.45) is 0 Å². The van der Waals surface area contributed by atoms with Gasteiger partial charge in [0, 0.05) is 22.2 Å². The number of thiophene rings is 1. The molecule has 0 aliphatic heterocycles. The van der Waals surface area contributed by atoms with Crippen molar-refractivity contribution in [2.75, 3.05) is 12.4 Å². The Balaban J connectivity index is 2.00. The van der Waals surface area contributed by atoms with E-state index in [-0.39, 0.29) is 5.91 Å². The highest BCUT2D eigenvalue weighted by molar-refractivity contribution is 7.16. The Morgan fingerprint density at radius 3 is 2.79 bits per heavy atom. The summed E-state index contributed by atoms with van der Waals surface area (Å²) >= 11 is 7.27. The maximum atomic E-state index is 12.7. The van der Waals surface area contributed by atoms with Crippen LogP contribution in [0, 0.1) is 13.8 Å². The van der Waals surface area contributed by atoms with Crippen LogP contribution in [0.15, 0.2) is 24.4 Å². The van der Waals surface area contributed by atoms with E-state index in [0.29, 0.717) is 32.6 Å². The van der Waals surface area contributed by atoms with Crippen molar-refractivity contribution < 1.29 is 14.3 Å². The predicted molar refractivity (Wildman–Crippen MR) is 93.3 cm³/mol. The number of fused-ring (bicyclic) bond motifs is 1. The Hall–Kier alpha value is -2.38. The summed E-state index contributed by atoms with van der Waals surface area (Å²) in [5, 5.41) is 3.78. The van der Waals surface area contributed by atoms with E-state index in [4.69, 9.17) is 16.3 Å². The van der Waals surface area contributed by atoms with Crippen LogP contribution in [-0.2, 0) is 4.74 Å². The topological polar surface area (TPSA) is 72.7 Å². The number of methoxy groups -OCH3 is 1. The fourth-order valence-electron chi connectivity index (χ4n) is 2.44. The fraction of sp³-hybridized carbons (Fsp3) is 0.188. The number of hydrogen-bond acceptors (Lipinski definition) is 5. The van der Waals surface area contributed by atoms with E-state index in [1.165, 1.54) is 18.4 Å². The zero-order chi connectivity index (χ0) is 17.4. The lowest BCUT2D eigenvalue weighted by Gasteiger charge is -2.06. The molecule has 3 aromatic rings. The molecule has 0 aliphatic carbocycles. The zero-order valence-corrected chi connectivity index (χ0v) is 14.8. The molecule has 0 aliphatic rings. The standard InChI is InChI=1S/C16H14ClN3O3S/c1-8-6-11(16(22)23-3)15(24-8)19-14(21)13-9(2)18-12-7-10(17)4-5-20(12)13/h4-7H,1-3H3,(H,19,21). The number of aromatic nitrogens is 2. The van der Waals surface area contributed by atoms with E-state index >= 15 is 0 Å². The maximum Gasteiger partial charge on any atom is 0.340 e. The van der Waals surface area contributed by atoms with Crippen molar-refractivity contribution in [3.05, 3.63) is 51.2 Å². The Kier molecular flexibility index (Phi) is 4.29. The van der Waals surface area contributed by atoms with Crippen LogP contribution in [0.5, 0.6) is 0 Å². The van der Waals surface area contributed by atoms with Gasteiger partial charge in [0.15, 0.2) is 0 Å². The van der Waals surface area contributed by atoms with Gasteiger partial charge in [-0.15, -0.1) is 11.3 Å². The zero-order valence-electron chi connectivity index (χ0n) is 13.2. The number of nitrogens with one attached hydrogen (secondary N) is 1. The van der Waals surface area contributed by atoms with Crippen molar-refractivity contribution in [1.29, 1.82) is 0 Å².